The van der Waals surface area contributed by atoms with Crippen molar-refractivity contribution in [1.29, 1.82) is 5.26 Å². The van der Waals surface area contributed by atoms with Crippen LogP contribution in [0.15, 0.2) is 11.4 Å². The molecule has 0 spiro atoms. The lowest BCUT2D eigenvalue weighted by Gasteiger charge is -2.18. The molecule has 0 aliphatic carbocycles. The van der Waals surface area contributed by atoms with Crippen LogP contribution in [0.25, 0.3) is 0 Å². The summed E-state index contributed by atoms with van der Waals surface area (Å²) in [5.41, 5.74) is 1.08. The first kappa shape index (κ1) is 12.7. The second-order valence-electron chi connectivity index (χ2n) is 3.51. The van der Waals surface area contributed by atoms with Gasteiger partial charge in [-0.3, -0.25) is 4.79 Å². The van der Waals surface area contributed by atoms with Crippen LogP contribution in [-0.4, -0.2) is 23.9 Å². The molecule has 86 valence electrons. The third-order valence-corrected chi connectivity index (χ3v) is 3.31. The summed E-state index contributed by atoms with van der Waals surface area (Å²) in [5, 5.41) is 10.6. The lowest BCUT2D eigenvalue weighted by Crippen LogP contribution is -2.32. The summed E-state index contributed by atoms with van der Waals surface area (Å²) in [6, 6.07) is 4.02. The van der Waals surface area contributed by atoms with Crippen molar-refractivity contribution in [3.63, 3.8) is 0 Å². The third-order valence-electron chi connectivity index (χ3n) is 2.36. The molecule has 1 heterocycles. The molecule has 3 nitrogen and oxygen atoms in total. The fourth-order valence-corrected chi connectivity index (χ4v) is 2.52. The number of rotatable bonds is 5. The summed E-state index contributed by atoms with van der Waals surface area (Å²) in [4.78, 5) is 14.6. The fraction of sp³-hybridized carbons (Fsp3) is 0.500. The van der Waals surface area contributed by atoms with Gasteiger partial charge in [-0.15, -0.1) is 11.3 Å². The Hall–Kier alpha value is -1.34. The average Bonchev–Trinajstić information content (AvgIpc) is 2.75. The van der Waals surface area contributed by atoms with E-state index in [9.17, 15) is 4.79 Å². The number of nitrogens with zero attached hydrogens (tertiary/aromatic N) is 2. The largest absolute Gasteiger partial charge is 0.325 e. The first-order valence-corrected chi connectivity index (χ1v) is 6.35. The maximum absolute atomic E-state index is 12.2. The Kier molecular flexibility index (Phi) is 5.00. The SMILES string of the molecule is CCCN(CC#N)C(=O)c1sccc1CC. The molecule has 4 heteroatoms. The first-order chi connectivity index (χ1) is 7.74. The minimum Gasteiger partial charge on any atom is -0.325 e. The van der Waals surface area contributed by atoms with Crippen LogP contribution < -0.4 is 0 Å². The minimum atomic E-state index is -0.00440. The van der Waals surface area contributed by atoms with Crippen LogP contribution >= 0.6 is 11.3 Å². The van der Waals surface area contributed by atoms with Crippen molar-refractivity contribution in [3.8, 4) is 6.07 Å². The Morgan fingerprint density at radius 2 is 2.31 bits per heavy atom. The molecule has 0 unspecified atom stereocenters. The van der Waals surface area contributed by atoms with Crippen LogP contribution in [0.3, 0.4) is 0 Å². The highest BCUT2D eigenvalue weighted by Crippen LogP contribution is 2.19. The molecule has 16 heavy (non-hydrogen) atoms. The van der Waals surface area contributed by atoms with Gasteiger partial charge in [0.15, 0.2) is 0 Å². The molecule has 0 aromatic carbocycles. The molecular weight excluding hydrogens is 220 g/mol. The fourth-order valence-electron chi connectivity index (χ4n) is 1.55. The number of hydrogen-bond donors (Lipinski definition) is 0. The Labute approximate surface area is 100 Å². The normalized spacial score (nSPS) is 9.81. The Bertz CT molecular complexity index is 392. The molecule has 0 saturated carbocycles. The van der Waals surface area contributed by atoms with Crippen LogP contribution in [0.4, 0.5) is 0 Å². The summed E-state index contributed by atoms with van der Waals surface area (Å²) in [6.07, 6.45) is 1.73. The summed E-state index contributed by atoms with van der Waals surface area (Å²) < 4.78 is 0. The van der Waals surface area contributed by atoms with Gasteiger partial charge in [0.1, 0.15) is 6.54 Å². The number of carbonyl (C=O) groups excluding carboxylic acids is 1. The van der Waals surface area contributed by atoms with Gasteiger partial charge in [-0.05, 0) is 29.9 Å². The highest BCUT2D eigenvalue weighted by Gasteiger charge is 2.18. The topological polar surface area (TPSA) is 44.1 Å². The van der Waals surface area contributed by atoms with E-state index in [4.69, 9.17) is 5.26 Å². The van der Waals surface area contributed by atoms with Crippen molar-refractivity contribution in [2.75, 3.05) is 13.1 Å². The summed E-state index contributed by atoms with van der Waals surface area (Å²) in [5.74, 6) is -0.00440. The predicted octanol–water partition coefficient (Wildman–Crippen LogP) is 2.69. The molecule has 0 N–H and O–H groups in total. The second kappa shape index (κ2) is 6.29. The molecule has 0 atom stereocenters. The number of nitriles is 1. The van der Waals surface area contributed by atoms with E-state index in [1.165, 1.54) is 11.3 Å². The first-order valence-electron chi connectivity index (χ1n) is 5.47. The van der Waals surface area contributed by atoms with Gasteiger partial charge in [0, 0.05) is 6.54 Å². The van der Waals surface area contributed by atoms with Gasteiger partial charge in [0.2, 0.25) is 0 Å². The quantitative estimate of drug-likeness (QED) is 0.738. The van der Waals surface area contributed by atoms with Gasteiger partial charge in [0.05, 0.1) is 10.9 Å². The maximum atomic E-state index is 12.2. The van der Waals surface area contributed by atoms with Crippen LogP contribution in [0, 0.1) is 11.3 Å². The zero-order chi connectivity index (χ0) is 12.0. The van der Waals surface area contributed by atoms with Gasteiger partial charge >= 0.3 is 0 Å². The lowest BCUT2D eigenvalue weighted by atomic mass is 10.2. The molecule has 0 fully saturated rings. The Morgan fingerprint density at radius 1 is 1.56 bits per heavy atom. The van der Waals surface area contributed by atoms with Crippen molar-refractivity contribution in [1.82, 2.24) is 4.90 Å². The number of hydrogen-bond acceptors (Lipinski definition) is 3. The van der Waals surface area contributed by atoms with Crippen LogP contribution in [0.2, 0.25) is 0 Å². The number of amides is 1. The Balaban J connectivity index is 2.86. The van der Waals surface area contributed by atoms with E-state index < -0.39 is 0 Å². The highest BCUT2D eigenvalue weighted by atomic mass is 32.1. The molecule has 1 aromatic rings. The summed E-state index contributed by atoms with van der Waals surface area (Å²) in [6.45, 7) is 4.86. The van der Waals surface area contributed by atoms with Crippen molar-refractivity contribution in [2.24, 2.45) is 0 Å². The van der Waals surface area contributed by atoms with Gasteiger partial charge in [-0.1, -0.05) is 13.8 Å². The van der Waals surface area contributed by atoms with E-state index in [-0.39, 0.29) is 12.5 Å². The summed E-state index contributed by atoms with van der Waals surface area (Å²) in [7, 11) is 0. The van der Waals surface area contributed by atoms with Crippen molar-refractivity contribution >= 4 is 17.2 Å². The Morgan fingerprint density at radius 3 is 2.88 bits per heavy atom. The number of aryl methyl sites for hydroxylation is 1. The van der Waals surface area contributed by atoms with E-state index in [1.54, 1.807) is 4.90 Å². The van der Waals surface area contributed by atoms with E-state index in [0.717, 1.165) is 23.3 Å². The molecule has 0 bridgehead atoms. The third kappa shape index (κ3) is 2.83. The van der Waals surface area contributed by atoms with E-state index >= 15 is 0 Å². The van der Waals surface area contributed by atoms with Gasteiger partial charge in [-0.25, -0.2) is 0 Å². The van der Waals surface area contributed by atoms with E-state index in [1.807, 2.05) is 31.4 Å². The molecule has 0 saturated heterocycles. The van der Waals surface area contributed by atoms with Crippen LogP contribution in [-0.2, 0) is 6.42 Å². The van der Waals surface area contributed by atoms with Crippen LogP contribution in [0.1, 0.15) is 35.5 Å². The smallest absolute Gasteiger partial charge is 0.265 e. The van der Waals surface area contributed by atoms with E-state index in [0.29, 0.717) is 6.54 Å². The molecule has 1 amide bonds. The number of carbonyl (C=O) groups is 1. The van der Waals surface area contributed by atoms with Gasteiger partial charge in [0.25, 0.3) is 5.91 Å². The molecule has 0 radical (unpaired) electrons. The van der Waals surface area contributed by atoms with Crippen molar-refractivity contribution in [2.45, 2.75) is 26.7 Å². The van der Waals surface area contributed by atoms with Crippen molar-refractivity contribution < 1.29 is 4.79 Å². The van der Waals surface area contributed by atoms with Crippen LogP contribution in [0.5, 0.6) is 0 Å². The zero-order valence-corrected chi connectivity index (χ0v) is 10.5. The van der Waals surface area contributed by atoms with Gasteiger partial charge < -0.3 is 4.90 Å². The number of thiophene rings is 1. The molecule has 0 aliphatic heterocycles. The molecule has 1 aromatic heterocycles. The molecular formula is C12H16N2OS. The van der Waals surface area contributed by atoms with Gasteiger partial charge in [-0.2, -0.15) is 5.26 Å². The monoisotopic (exact) mass is 236 g/mol. The second-order valence-corrected chi connectivity index (χ2v) is 4.43. The van der Waals surface area contributed by atoms with E-state index in [2.05, 4.69) is 0 Å². The lowest BCUT2D eigenvalue weighted by molar-refractivity contribution is 0.0780. The highest BCUT2D eigenvalue weighted by molar-refractivity contribution is 7.12. The molecule has 0 aliphatic rings. The standard InChI is InChI=1S/C12H16N2OS/c1-3-7-14(8-6-13)12(15)11-10(4-2)5-9-16-11/h5,9H,3-4,7-8H2,1-2H3. The predicted molar refractivity (Wildman–Crippen MR) is 65.5 cm³/mol. The maximum Gasteiger partial charge on any atom is 0.265 e. The average molecular weight is 236 g/mol. The van der Waals surface area contributed by atoms with Crippen molar-refractivity contribution in [3.05, 3.63) is 21.9 Å². The minimum absolute atomic E-state index is 0.00440. The zero-order valence-electron chi connectivity index (χ0n) is 9.69. The summed E-state index contributed by atoms with van der Waals surface area (Å²) >= 11 is 1.46. The molecule has 1 rings (SSSR count).